The average molecular weight is 253 g/mol. The SMILES string of the molecule is CN1[C@H]2CCCC[C@H]1[C@@H](CC[N+](C)(C)C)CCC2. The lowest BCUT2D eigenvalue weighted by molar-refractivity contribution is -0.871. The van der Waals surface area contributed by atoms with Crippen molar-refractivity contribution in [2.24, 2.45) is 5.92 Å². The molecule has 0 aliphatic carbocycles. The van der Waals surface area contributed by atoms with E-state index in [1.54, 1.807) is 0 Å². The zero-order valence-corrected chi connectivity index (χ0v) is 13.0. The van der Waals surface area contributed by atoms with Gasteiger partial charge in [-0.2, -0.15) is 0 Å². The minimum Gasteiger partial charge on any atom is -0.331 e. The maximum Gasteiger partial charge on any atom is 0.0783 e. The maximum atomic E-state index is 2.76. The number of quaternary nitrogens is 1. The molecule has 2 aliphatic heterocycles. The van der Waals surface area contributed by atoms with Crippen molar-refractivity contribution in [1.29, 1.82) is 0 Å². The Hall–Kier alpha value is -0.0800. The topological polar surface area (TPSA) is 3.24 Å². The second-order valence-corrected chi connectivity index (χ2v) is 7.66. The molecule has 0 aromatic rings. The Labute approximate surface area is 114 Å². The highest BCUT2D eigenvalue weighted by Crippen LogP contribution is 2.35. The number of hydrogen-bond donors (Lipinski definition) is 0. The first-order valence-corrected chi connectivity index (χ1v) is 8.00. The Bertz CT molecular complexity index is 256. The lowest BCUT2D eigenvalue weighted by Crippen LogP contribution is -2.43. The first kappa shape index (κ1) is 14.3. The smallest absolute Gasteiger partial charge is 0.0783 e. The quantitative estimate of drug-likeness (QED) is 0.699. The standard InChI is InChI=1S/C16H33N2/c1-17-15-9-5-6-11-16(17)14(8-7-10-15)12-13-18(2,3)4/h14-16H,5-13H2,1-4H3/q+1/t14-,15+,16+/m1/s1. The summed E-state index contributed by atoms with van der Waals surface area (Å²) in [5, 5.41) is 0. The third-order valence-electron chi connectivity index (χ3n) is 5.21. The molecule has 0 aromatic carbocycles. The van der Waals surface area contributed by atoms with Gasteiger partial charge in [0.1, 0.15) is 0 Å². The molecule has 0 unspecified atom stereocenters. The van der Waals surface area contributed by atoms with Crippen LogP contribution in [0.3, 0.4) is 0 Å². The first-order valence-electron chi connectivity index (χ1n) is 8.00. The van der Waals surface area contributed by atoms with Crippen molar-refractivity contribution < 1.29 is 4.48 Å². The van der Waals surface area contributed by atoms with Crippen molar-refractivity contribution in [3.63, 3.8) is 0 Å². The summed E-state index contributed by atoms with van der Waals surface area (Å²) in [5.41, 5.74) is 0. The largest absolute Gasteiger partial charge is 0.331 e. The van der Waals surface area contributed by atoms with Crippen LogP contribution in [0.2, 0.25) is 0 Å². The minimum absolute atomic E-state index is 0.881. The van der Waals surface area contributed by atoms with Gasteiger partial charge in [0.2, 0.25) is 0 Å². The molecule has 2 heterocycles. The van der Waals surface area contributed by atoms with E-state index in [1.165, 1.54) is 57.9 Å². The van der Waals surface area contributed by atoms with E-state index in [9.17, 15) is 0 Å². The summed E-state index contributed by atoms with van der Waals surface area (Å²) in [7, 11) is 9.40. The molecule has 3 atom stereocenters. The second kappa shape index (κ2) is 5.92. The van der Waals surface area contributed by atoms with E-state index in [4.69, 9.17) is 0 Å². The summed E-state index contributed by atoms with van der Waals surface area (Å²) in [4.78, 5) is 2.76. The molecule has 2 nitrogen and oxygen atoms in total. The summed E-state index contributed by atoms with van der Waals surface area (Å²) >= 11 is 0. The molecule has 0 saturated carbocycles. The molecule has 2 saturated heterocycles. The normalized spacial score (nSPS) is 35.0. The average Bonchev–Trinajstić information content (AvgIpc) is 2.55. The van der Waals surface area contributed by atoms with Gasteiger partial charge in [-0.1, -0.05) is 19.3 Å². The van der Waals surface area contributed by atoms with Crippen LogP contribution < -0.4 is 0 Å². The summed E-state index contributed by atoms with van der Waals surface area (Å²) in [5.74, 6) is 0.954. The van der Waals surface area contributed by atoms with Gasteiger partial charge in [0, 0.05) is 18.5 Å². The fourth-order valence-electron chi connectivity index (χ4n) is 4.03. The summed E-state index contributed by atoms with van der Waals surface area (Å²) in [6.07, 6.45) is 11.7. The van der Waals surface area contributed by atoms with Gasteiger partial charge in [-0.15, -0.1) is 0 Å². The van der Waals surface area contributed by atoms with Crippen molar-refractivity contribution in [2.75, 3.05) is 34.7 Å². The van der Waals surface area contributed by atoms with E-state index in [2.05, 4.69) is 33.1 Å². The van der Waals surface area contributed by atoms with Crippen LogP contribution in [0.4, 0.5) is 0 Å². The van der Waals surface area contributed by atoms with Gasteiger partial charge < -0.3 is 9.38 Å². The lowest BCUT2D eigenvalue weighted by Gasteiger charge is -2.36. The molecule has 0 aromatic heterocycles. The Balaban J connectivity index is 2.00. The van der Waals surface area contributed by atoms with Gasteiger partial charge in [0.05, 0.1) is 27.7 Å². The fraction of sp³-hybridized carbons (Fsp3) is 1.00. The van der Waals surface area contributed by atoms with Crippen LogP contribution in [0.5, 0.6) is 0 Å². The van der Waals surface area contributed by atoms with Gasteiger partial charge >= 0.3 is 0 Å². The molecule has 2 bridgehead atoms. The van der Waals surface area contributed by atoms with Crippen LogP contribution in [0.15, 0.2) is 0 Å². The van der Waals surface area contributed by atoms with E-state index >= 15 is 0 Å². The van der Waals surface area contributed by atoms with E-state index in [0.29, 0.717) is 0 Å². The molecule has 2 rings (SSSR count). The van der Waals surface area contributed by atoms with Crippen molar-refractivity contribution in [3.8, 4) is 0 Å². The first-order chi connectivity index (χ1) is 8.47. The summed E-state index contributed by atoms with van der Waals surface area (Å²) < 4.78 is 1.12. The third kappa shape index (κ3) is 3.71. The molecular weight excluding hydrogens is 220 g/mol. The maximum absolute atomic E-state index is 2.76. The molecule has 2 heteroatoms. The molecule has 0 radical (unpaired) electrons. The molecule has 0 N–H and O–H groups in total. The van der Waals surface area contributed by atoms with Crippen molar-refractivity contribution >= 4 is 0 Å². The zero-order valence-electron chi connectivity index (χ0n) is 13.0. The monoisotopic (exact) mass is 253 g/mol. The zero-order chi connectivity index (χ0) is 13.2. The van der Waals surface area contributed by atoms with Crippen LogP contribution in [-0.4, -0.2) is 56.2 Å². The van der Waals surface area contributed by atoms with Crippen molar-refractivity contribution in [2.45, 2.75) is 63.5 Å². The van der Waals surface area contributed by atoms with E-state index in [1.807, 2.05) is 0 Å². The van der Waals surface area contributed by atoms with Crippen molar-refractivity contribution in [3.05, 3.63) is 0 Å². The molecule has 106 valence electrons. The number of nitrogens with zero attached hydrogens (tertiary/aromatic N) is 2. The Morgan fingerprint density at radius 1 is 0.944 bits per heavy atom. The van der Waals surface area contributed by atoms with Crippen LogP contribution in [0.25, 0.3) is 0 Å². The van der Waals surface area contributed by atoms with E-state index in [0.717, 1.165) is 22.5 Å². The Kier molecular flexibility index (Phi) is 4.71. The van der Waals surface area contributed by atoms with E-state index in [-0.39, 0.29) is 0 Å². The molecule has 18 heavy (non-hydrogen) atoms. The Morgan fingerprint density at radius 2 is 1.61 bits per heavy atom. The highest BCUT2D eigenvalue weighted by Gasteiger charge is 2.34. The fourth-order valence-corrected chi connectivity index (χ4v) is 4.03. The molecule has 2 fully saturated rings. The molecule has 0 amide bonds. The van der Waals surface area contributed by atoms with Gasteiger partial charge in [0.15, 0.2) is 0 Å². The summed E-state index contributed by atoms with van der Waals surface area (Å²) in [6, 6.07) is 1.78. The second-order valence-electron chi connectivity index (χ2n) is 7.66. The van der Waals surface area contributed by atoms with Crippen LogP contribution >= 0.6 is 0 Å². The van der Waals surface area contributed by atoms with Gasteiger partial charge in [-0.3, -0.25) is 0 Å². The van der Waals surface area contributed by atoms with Crippen LogP contribution in [0.1, 0.15) is 51.4 Å². The highest BCUT2D eigenvalue weighted by molar-refractivity contribution is 4.88. The van der Waals surface area contributed by atoms with Crippen LogP contribution in [0, 0.1) is 5.92 Å². The predicted molar refractivity (Wildman–Crippen MR) is 78.7 cm³/mol. The van der Waals surface area contributed by atoms with E-state index < -0.39 is 0 Å². The van der Waals surface area contributed by atoms with Gasteiger partial charge in [-0.05, 0) is 38.6 Å². The minimum atomic E-state index is 0.881. The summed E-state index contributed by atoms with van der Waals surface area (Å²) in [6.45, 7) is 1.33. The Morgan fingerprint density at radius 3 is 2.33 bits per heavy atom. The van der Waals surface area contributed by atoms with Gasteiger partial charge in [0.25, 0.3) is 0 Å². The number of hydrogen-bond acceptors (Lipinski definition) is 1. The molecule has 2 aliphatic rings. The van der Waals surface area contributed by atoms with Crippen LogP contribution in [-0.2, 0) is 0 Å². The number of fused-ring (bicyclic) bond motifs is 2. The van der Waals surface area contributed by atoms with Crippen molar-refractivity contribution in [1.82, 2.24) is 4.90 Å². The molecule has 0 spiro atoms. The predicted octanol–water partition coefficient (Wildman–Crippen LogP) is 3.13. The highest BCUT2D eigenvalue weighted by atomic mass is 15.3. The lowest BCUT2D eigenvalue weighted by atomic mass is 9.88. The van der Waals surface area contributed by atoms with Gasteiger partial charge in [-0.25, -0.2) is 0 Å². The number of rotatable bonds is 3. The molecular formula is C16H33N2+. The third-order valence-corrected chi connectivity index (χ3v) is 5.21.